The van der Waals surface area contributed by atoms with Crippen LogP contribution in [0.5, 0.6) is 0 Å². The number of nitrogens with zero attached hydrogens (tertiary/aromatic N) is 2. The summed E-state index contributed by atoms with van der Waals surface area (Å²) in [5.74, 6) is 0. The fourth-order valence-corrected chi connectivity index (χ4v) is 2.70. The Morgan fingerprint density at radius 2 is 1.89 bits per heavy atom. The molecule has 3 heteroatoms. The Morgan fingerprint density at radius 1 is 1.22 bits per heavy atom. The van der Waals surface area contributed by atoms with Gasteiger partial charge in [-0.15, -0.1) is 0 Å². The van der Waals surface area contributed by atoms with Gasteiger partial charge in [0.05, 0.1) is 6.10 Å². The monoisotopic (exact) mass is 248 g/mol. The Kier molecular flexibility index (Phi) is 4.25. The maximum Gasteiger partial charge on any atom is 0.0761 e. The predicted molar refractivity (Wildman–Crippen MR) is 76.0 cm³/mol. The van der Waals surface area contributed by atoms with Crippen LogP contribution < -0.4 is 4.90 Å². The standard InChI is InChI=1S/C15H24N2O/c1-12-11-16(3)9-4-10-17(12)15-7-5-14(6-8-15)13(2)18/h5-8,12-13,18H,4,9-11H2,1-3H3. The smallest absolute Gasteiger partial charge is 0.0761 e. The van der Waals surface area contributed by atoms with Gasteiger partial charge in [-0.3, -0.25) is 0 Å². The van der Waals surface area contributed by atoms with E-state index in [1.807, 2.05) is 12.1 Å². The molecule has 0 aliphatic carbocycles. The normalized spacial score (nSPS) is 23.8. The van der Waals surface area contributed by atoms with E-state index in [0.717, 1.165) is 18.7 Å². The van der Waals surface area contributed by atoms with Gasteiger partial charge >= 0.3 is 0 Å². The summed E-state index contributed by atoms with van der Waals surface area (Å²) in [5.41, 5.74) is 2.25. The number of likely N-dealkylation sites (N-methyl/N-ethyl adjacent to an activating group) is 1. The summed E-state index contributed by atoms with van der Waals surface area (Å²) < 4.78 is 0. The summed E-state index contributed by atoms with van der Waals surface area (Å²) in [6.07, 6.45) is 0.825. The topological polar surface area (TPSA) is 26.7 Å². The highest BCUT2D eigenvalue weighted by molar-refractivity contribution is 5.49. The van der Waals surface area contributed by atoms with Crippen molar-refractivity contribution in [2.45, 2.75) is 32.4 Å². The van der Waals surface area contributed by atoms with Crippen molar-refractivity contribution >= 4 is 5.69 Å². The van der Waals surface area contributed by atoms with Crippen LogP contribution in [0.15, 0.2) is 24.3 Å². The zero-order valence-electron chi connectivity index (χ0n) is 11.6. The Hall–Kier alpha value is -1.06. The average molecular weight is 248 g/mol. The Balaban J connectivity index is 2.14. The van der Waals surface area contributed by atoms with Crippen molar-refractivity contribution < 1.29 is 5.11 Å². The number of hydrogen-bond acceptors (Lipinski definition) is 3. The van der Waals surface area contributed by atoms with Crippen LogP contribution in [-0.2, 0) is 0 Å². The predicted octanol–water partition coefficient (Wildman–Crippen LogP) is 2.27. The van der Waals surface area contributed by atoms with Crippen LogP contribution in [0.2, 0.25) is 0 Å². The molecular weight excluding hydrogens is 224 g/mol. The number of aliphatic hydroxyl groups is 1. The number of rotatable bonds is 2. The molecule has 1 saturated heterocycles. The molecule has 0 saturated carbocycles. The minimum Gasteiger partial charge on any atom is -0.389 e. The maximum atomic E-state index is 9.54. The largest absolute Gasteiger partial charge is 0.389 e. The quantitative estimate of drug-likeness (QED) is 0.870. The molecule has 0 spiro atoms. The van der Waals surface area contributed by atoms with Crippen molar-refractivity contribution in [2.75, 3.05) is 31.6 Å². The maximum absolute atomic E-state index is 9.54. The van der Waals surface area contributed by atoms with Crippen LogP contribution in [-0.4, -0.2) is 42.7 Å². The summed E-state index contributed by atoms with van der Waals surface area (Å²) in [6, 6.07) is 8.85. The van der Waals surface area contributed by atoms with Crippen LogP contribution in [0, 0.1) is 0 Å². The van der Waals surface area contributed by atoms with Gasteiger partial charge in [-0.25, -0.2) is 0 Å². The van der Waals surface area contributed by atoms with E-state index in [1.54, 1.807) is 6.92 Å². The molecule has 1 aromatic rings. The number of aliphatic hydroxyl groups excluding tert-OH is 1. The zero-order chi connectivity index (χ0) is 13.1. The van der Waals surface area contributed by atoms with Crippen molar-refractivity contribution in [3.63, 3.8) is 0 Å². The van der Waals surface area contributed by atoms with Gasteiger partial charge in [-0.05, 0) is 51.6 Å². The van der Waals surface area contributed by atoms with Crippen molar-refractivity contribution in [3.8, 4) is 0 Å². The summed E-state index contributed by atoms with van der Waals surface area (Å²) >= 11 is 0. The summed E-state index contributed by atoms with van der Waals surface area (Å²) in [7, 11) is 2.19. The highest BCUT2D eigenvalue weighted by Crippen LogP contribution is 2.22. The minimum absolute atomic E-state index is 0.383. The van der Waals surface area contributed by atoms with Gasteiger partial charge in [0, 0.05) is 24.8 Å². The van der Waals surface area contributed by atoms with E-state index in [4.69, 9.17) is 0 Å². The second-order valence-corrected chi connectivity index (χ2v) is 5.43. The lowest BCUT2D eigenvalue weighted by Gasteiger charge is -2.30. The molecule has 2 rings (SSSR count). The molecule has 1 fully saturated rings. The molecule has 1 aliphatic rings. The van der Waals surface area contributed by atoms with Crippen LogP contribution in [0.25, 0.3) is 0 Å². The first-order chi connectivity index (χ1) is 8.58. The first kappa shape index (κ1) is 13.4. The van der Waals surface area contributed by atoms with E-state index in [-0.39, 0.29) is 6.10 Å². The zero-order valence-corrected chi connectivity index (χ0v) is 11.6. The Bertz CT molecular complexity index is 375. The van der Waals surface area contributed by atoms with Crippen LogP contribution in [0.1, 0.15) is 31.9 Å². The second-order valence-electron chi connectivity index (χ2n) is 5.43. The van der Waals surface area contributed by atoms with Gasteiger partial charge < -0.3 is 14.9 Å². The van der Waals surface area contributed by atoms with Crippen molar-refractivity contribution in [1.82, 2.24) is 4.90 Å². The SMILES string of the molecule is CC(O)c1ccc(N2CCCN(C)CC2C)cc1. The third-order valence-electron chi connectivity index (χ3n) is 3.75. The first-order valence-electron chi connectivity index (χ1n) is 6.81. The molecule has 2 atom stereocenters. The summed E-state index contributed by atoms with van der Waals surface area (Å²) in [4.78, 5) is 4.87. The fourth-order valence-electron chi connectivity index (χ4n) is 2.70. The van der Waals surface area contributed by atoms with E-state index < -0.39 is 0 Å². The van der Waals surface area contributed by atoms with Crippen LogP contribution >= 0.6 is 0 Å². The first-order valence-corrected chi connectivity index (χ1v) is 6.81. The van der Waals surface area contributed by atoms with Crippen molar-refractivity contribution in [1.29, 1.82) is 0 Å². The lowest BCUT2D eigenvalue weighted by atomic mass is 10.1. The molecule has 1 aliphatic heterocycles. The number of anilines is 1. The van der Waals surface area contributed by atoms with Gasteiger partial charge in [0.2, 0.25) is 0 Å². The minimum atomic E-state index is -0.383. The molecule has 0 aromatic heterocycles. The van der Waals surface area contributed by atoms with Gasteiger partial charge in [0.1, 0.15) is 0 Å². The third kappa shape index (κ3) is 3.03. The fraction of sp³-hybridized carbons (Fsp3) is 0.600. The highest BCUT2D eigenvalue weighted by Gasteiger charge is 2.19. The summed E-state index contributed by atoms with van der Waals surface area (Å²) in [6.45, 7) is 7.48. The van der Waals surface area contributed by atoms with Crippen molar-refractivity contribution in [2.24, 2.45) is 0 Å². The van der Waals surface area contributed by atoms with Crippen LogP contribution in [0.4, 0.5) is 5.69 Å². The molecule has 2 unspecified atom stereocenters. The molecule has 1 N–H and O–H groups in total. The van der Waals surface area contributed by atoms with Crippen LogP contribution in [0.3, 0.4) is 0 Å². The van der Waals surface area contributed by atoms with E-state index in [2.05, 4.69) is 35.9 Å². The highest BCUT2D eigenvalue weighted by atomic mass is 16.3. The third-order valence-corrected chi connectivity index (χ3v) is 3.75. The molecule has 1 heterocycles. The Morgan fingerprint density at radius 3 is 2.50 bits per heavy atom. The average Bonchev–Trinajstić information content (AvgIpc) is 2.50. The molecule has 1 aromatic carbocycles. The molecule has 3 nitrogen and oxygen atoms in total. The molecule has 0 bridgehead atoms. The Labute approximate surface area is 110 Å². The van der Waals surface area contributed by atoms with E-state index in [0.29, 0.717) is 6.04 Å². The summed E-state index contributed by atoms with van der Waals surface area (Å²) in [5, 5.41) is 9.54. The van der Waals surface area contributed by atoms with Gasteiger partial charge in [0.15, 0.2) is 0 Å². The molecule has 0 amide bonds. The van der Waals surface area contributed by atoms with E-state index in [9.17, 15) is 5.11 Å². The second kappa shape index (κ2) is 5.72. The van der Waals surface area contributed by atoms with Gasteiger partial charge in [0.25, 0.3) is 0 Å². The van der Waals surface area contributed by atoms with Gasteiger partial charge in [-0.2, -0.15) is 0 Å². The van der Waals surface area contributed by atoms with Crippen molar-refractivity contribution in [3.05, 3.63) is 29.8 Å². The molecule has 18 heavy (non-hydrogen) atoms. The van der Waals surface area contributed by atoms with E-state index >= 15 is 0 Å². The number of hydrogen-bond donors (Lipinski definition) is 1. The molecule has 100 valence electrons. The lowest BCUT2D eigenvalue weighted by molar-refractivity contribution is 0.199. The van der Waals surface area contributed by atoms with Gasteiger partial charge in [-0.1, -0.05) is 12.1 Å². The van der Waals surface area contributed by atoms with E-state index in [1.165, 1.54) is 18.7 Å². The molecule has 0 radical (unpaired) electrons. The number of benzene rings is 1. The lowest BCUT2D eigenvalue weighted by Crippen LogP contribution is -2.37. The molecular formula is C15H24N2O.